The quantitative estimate of drug-likeness (QED) is 0.478. The van der Waals surface area contributed by atoms with E-state index in [1.165, 1.54) is 5.56 Å². The second-order valence-corrected chi connectivity index (χ2v) is 9.99. The summed E-state index contributed by atoms with van der Waals surface area (Å²) in [5.74, 6) is 1.56. The topological polar surface area (TPSA) is 67.9 Å². The van der Waals surface area contributed by atoms with Crippen LogP contribution in [0.3, 0.4) is 0 Å². The third-order valence-electron chi connectivity index (χ3n) is 8.02. The van der Waals surface area contributed by atoms with Crippen molar-refractivity contribution < 1.29 is 19.1 Å². The third-order valence-corrected chi connectivity index (χ3v) is 8.02. The van der Waals surface area contributed by atoms with Gasteiger partial charge in [-0.05, 0) is 55.0 Å². The van der Waals surface area contributed by atoms with Gasteiger partial charge < -0.3 is 14.8 Å². The van der Waals surface area contributed by atoms with E-state index in [2.05, 4.69) is 22.3 Å². The van der Waals surface area contributed by atoms with E-state index in [4.69, 9.17) is 9.47 Å². The van der Waals surface area contributed by atoms with Crippen LogP contribution in [0.4, 0.5) is 0 Å². The summed E-state index contributed by atoms with van der Waals surface area (Å²) in [6.07, 6.45) is 4.20. The number of nitrogens with one attached hydrogen (secondary N) is 1. The lowest BCUT2D eigenvalue weighted by Crippen LogP contribution is -2.50. The standard InChI is InChI=1S/C29H26N2O4/c32-28-22-5-2-1-4-21(22)27-23(28)6-3-7-24(27)29(33)30-18-13-19-9-10-20(14-18)31(19)15-17-8-11-25-26(12-17)35-16-34-25/h1-8,11-12,18-20H,9-10,13-16H2,(H,30,33). The van der Waals surface area contributed by atoms with Gasteiger partial charge >= 0.3 is 0 Å². The Morgan fingerprint density at radius 3 is 2.46 bits per heavy atom. The average molecular weight is 467 g/mol. The Labute approximate surface area is 203 Å². The molecule has 2 unspecified atom stereocenters. The number of hydrogen-bond acceptors (Lipinski definition) is 5. The summed E-state index contributed by atoms with van der Waals surface area (Å²) in [5, 5.41) is 3.32. The molecule has 6 nitrogen and oxygen atoms in total. The van der Waals surface area contributed by atoms with Crippen molar-refractivity contribution in [2.24, 2.45) is 0 Å². The van der Waals surface area contributed by atoms with Crippen LogP contribution >= 0.6 is 0 Å². The Morgan fingerprint density at radius 1 is 0.886 bits per heavy atom. The molecule has 35 heavy (non-hydrogen) atoms. The molecule has 3 aromatic carbocycles. The molecule has 1 aliphatic carbocycles. The van der Waals surface area contributed by atoms with Gasteiger partial charge in [0.15, 0.2) is 17.3 Å². The number of nitrogens with zero attached hydrogens (tertiary/aromatic N) is 1. The van der Waals surface area contributed by atoms with Gasteiger partial charge in [-0.1, -0.05) is 42.5 Å². The average Bonchev–Trinajstić information content (AvgIpc) is 3.52. The number of rotatable bonds is 4. The summed E-state index contributed by atoms with van der Waals surface area (Å²) in [5.41, 5.74) is 4.76. The van der Waals surface area contributed by atoms with Crippen LogP contribution in [0.2, 0.25) is 0 Å². The van der Waals surface area contributed by atoms with Crippen LogP contribution in [0.1, 0.15) is 57.5 Å². The van der Waals surface area contributed by atoms with Crippen LogP contribution in [0.5, 0.6) is 11.5 Å². The Balaban J connectivity index is 1.08. The fourth-order valence-electron chi connectivity index (χ4n) is 6.43. The van der Waals surface area contributed by atoms with Gasteiger partial charge in [-0.15, -0.1) is 0 Å². The molecule has 0 saturated carbocycles. The van der Waals surface area contributed by atoms with Crippen molar-refractivity contribution in [2.45, 2.75) is 50.4 Å². The fourth-order valence-corrected chi connectivity index (χ4v) is 6.43. The van der Waals surface area contributed by atoms with Gasteiger partial charge in [-0.25, -0.2) is 0 Å². The highest BCUT2D eigenvalue weighted by molar-refractivity contribution is 6.24. The Kier molecular flexibility index (Phi) is 4.71. The number of carbonyl (C=O) groups is 2. The van der Waals surface area contributed by atoms with Crippen molar-refractivity contribution in [2.75, 3.05) is 6.79 Å². The largest absolute Gasteiger partial charge is 0.454 e. The monoisotopic (exact) mass is 466 g/mol. The van der Waals surface area contributed by atoms with Crippen LogP contribution < -0.4 is 14.8 Å². The number of ether oxygens (including phenoxy) is 2. The number of benzene rings is 3. The number of hydrogen-bond donors (Lipinski definition) is 1. The first kappa shape index (κ1) is 20.7. The molecule has 1 amide bonds. The zero-order valence-corrected chi connectivity index (χ0v) is 19.3. The van der Waals surface area contributed by atoms with Crippen molar-refractivity contribution >= 4 is 11.7 Å². The molecule has 2 bridgehead atoms. The van der Waals surface area contributed by atoms with Crippen molar-refractivity contribution in [1.29, 1.82) is 0 Å². The van der Waals surface area contributed by atoms with Gasteiger partial charge in [0.25, 0.3) is 5.91 Å². The van der Waals surface area contributed by atoms with E-state index in [-0.39, 0.29) is 17.7 Å². The first-order valence-corrected chi connectivity index (χ1v) is 12.4. The first-order valence-electron chi connectivity index (χ1n) is 12.4. The SMILES string of the molecule is O=C(NC1CC2CCC(C1)N2Cc1ccc2c(c1)OCO2)c1cccc2c1-c1ccccc1C2=O. The third kappa shape index (κ3) is 3.35. The van der Waals surface area contributed by atoms with E-state index in [0.29, 0.717) is 35.6 Å². The summed E-state index contributed by atoms with van der Waals surface area (Å²) in [7, 11) is 0. The molecule has 2 saturated heterocycles. The molecule has 0 spiro atoms. The molecular weight excluding hydrogens is 440 g/mol. The van der Waals surface area contributed by atoms with Crippen molar-refractivity contribution in [3.05, 3.63) is 82.9 Å². The summed E-state index contributed by atoms with van der Waals surface area (Å²) < 4.78 is 11.0. The second-order valence-electron chi connectivity index (χ2n) is 9.99. The van der Waals surface area contributed by atoms with Crippen LogP contribution in [0, 0.1) is 0 Å². The zero-order chi connectivity index (χ0) is 23.5. The molecule has 0 radical (unpaired) electrons. The minimum atomic E-state index is -0.0834. The number of carbonyl (C=O) groups excluding carboxylic acids is 2. The smallest absolute Gasteiger partial charge is 0.252 e. The number of amides is 1. The predicted molar refractivity (Wildman–Crippen MR) is 131 cm³/mol. The first-order chi connectivity index (χ1) is 17.2. The van der Waals surface area contributed by atoms with Crippen molar-refractivity contribution in [3.8, 4) is 22.6 Å². The van der Waals surface area contributed by atoms with Gasteiger partial charge in [0, 0.05) is 46.9 Å². The summed E-state index contributed by atoms with van der Waals surface area (Å²) in [4.78, 5) is 28.9. The van der Waals surface area contributed by atoms with Crippen molar-refractivity contribution in [1.82, 2.24) is 10.2 Å². The number of fused-ring (bicyclic) bond motifs is 6. The number of ketones is 1. The van der Waals surface area contributed by atoms with E-state index in [0.717, 1.165) is 54.9 Å². The lowest BCUT2D eigenvalue weighted by atomic mass is 9.95. The highest BCUT2D eigenvalue weighted by atomic mass is 16.7. The van der Waals surface area contributed by atoms with E-state index < -0.39 is 0 Å². The van der Waals surface area contributed by atoms with Crippen LogP contribution in [0.25, 0.3) is 11.1 Å². The molecule has 4 aliphatic rings. The summed E-state index contributed by atoms with van der Waals surface area (Å²) >= 11 is 0. The van der Waals surface area contributed by atoms with Gasteiger partial charge in [0.05, 0.1) is 0 Å². The van der Waals surface area contributed by atoms with Crippen LogP contribution in [0.15, 0.2) is 60.7 Å². The molecule has 0 aromatic heterocycles. The molecular formula is C29H26N2O4. The van der Waals surface area contributed by atoms with E-state index >= 15 is 0 Å². The minimum absolute atomic E-state index is 0.000111. The lowest BCUT2D eigenvalue weighted by Gasteiger charge is -2.39. The molecule has 2 fully saturated rings. The molecule has 1 N–H and O–H groups in total. The van der Waals surface area contributed by atoms with E-state index in [1.807, 2.05) is 48.5 Å². The van der Waals surface area contributed by atoms with Gasteiger partial charge in [0.2, 0.25) is 6.79 Å². The zero-order valence-electron chi connectivity index (χ0n) is 19.3. The minimum Gasteiger partial charge on any atom is -0.454 e. The molecule has 176 valence electrons. The summed E-state index contributed by atoms with van der Waals surface area (Å²) in [6.45, 7) is 1.18. The highest BCUT2D eigenvalue weighted by Gasteiger charge is 2.41. The van der Waals surface area contributed by atoms with E-state index in [9.17, 15) is 9.59 Å². The fraction of sp³-hybridized carbons (Fsp3) is 0.310. The number of piperidine rings is 1. The summed E-state index contributed by atoms with van der Waals surface area (Å²) in [6, 6.07) is 20.3. The van der Waals surface area contributed by atoms with Gasteiger partial charge in [-0.2, -0.15) is 0 Å². The van der Waals surface area contributed by atoms with Crippen LogP contribution in [-0.2, 0) is 6.54 Å². The maximum Gasteiger partial charge on any atom is 0.252 e. The Hall–Kier alpha value is -3.64. The molecule has 3 aromatic rings. The van der Waals surface area contributed by atoms with Gasteiger partial charge in [0.1, 0.15) is 0 Å². The van der Waals surface area contributed by atoms with E-state index in [1.54, 1.807) is 0 Å². The van der Waals surface area contributed by atoms with Gasteiger partial charge in [-0.3, -0.25) is 14.5 Å². The Bertz CT molecular complexity index is 1350. The maximum atomic E-state index is 13.4. The molecule has 6 heteroatoms. The molecule has 7 rings (SSSR count). The predicted octanol–water partition coefficient (Wildman–Crippen LogP) is 4.55. The normalized spacial score (nSPS) is 23.8. The lowest BCUT2D eigenvalue weighted by molar-refractivity contribution is 0.0828. The molecule has 3 aliphatic heterocycles. The molecule has 2 atom stereocenters. The van der Waals surface area contributed by atoms with Crippen molar-refractivity contribution in [3.63, 3.8) is 0 Å². The second kappa shape index (κ2) is 7.95. The molecule has 3 heterocycles. The highest BCUT2D eigenvalue weighted by Crippen LogP contribution is 2.41. The maximum absolute atomic E-state index is 13.4. The Morgan fingerprint density at radius 2 is 1.63 bits per heavy atom. The van der Waals surface area contributed by atoms with Crippen LogP contribution in [-0.4, -0.2) is 41.5 Å².